The summed E-state index contributed by atoms with van der Waals surface area (Å²) in [5.74, 6) is -2.06. The minimum absolute atomic E-state index is 0.0844. The third-order valence-corrected chi connectivity index (χ3v) is 4.22. The van der Waals surface area contributed by atoms with Gasteiger partial charge in [-0.15, -0.1) is 0 Å². The van der Waals surface area contributed by atoms with Gasteiger partial charge in [0.05, 0.1) is 17.7 Å². The van der Waals surface area contributed by atoms with Crippen LogP contribution in [0.4, 0.5) is 0 Å². The molecular weight excluding hydrogens is 336 g/mol. The van der Waals surface area contributed by atoms with Crippen LogP contribution in [0.2, 0.25) is 0 Å². The van der Waals surface area contributed by atoms with E-state index in [-0.39, 0.29) is 16.9 Å². The van der Waals surface area contributed by atoms with Crippen LogP contribution in [-0.2, 0) is 0 Å². The molecule has 3 N–H and O–H groups in total. The molecule has 6 nitrogen and oxygen atoms in total. The lowest BCUT2D eigenvalue weighted by Crippen LogP contribution is -2.05. The lowest BCUT2D eigenvalue weighted by atomic mass is 10.1. The zero-order valence-corrected chi connectivity index (χ0v) is 15.3. The van der Waals surface area contributed by atoms with E-state index in [2.05, 4.69) is 0 Å². The van der Waals surface area contributed by atoms with E-state index in [0.717, 1.165) is 38.2 Å². The number of aliphatic hydroxyl groups is 1. The second-order valence-electron chi connectivity index (χ2n) is 6.46. The molecule has 0 aliphatic heterocycles. The van der Waals surface area contributed by atoms with E-state index in [0.29, 0.717) is 13.2 Å². The molecule has 0 amide bonds. The lowest BCUT2D eigenvalue weighted by Gasteiger charge is -2.08. The molecule has 0 aliphatic rings. The van der Waals surface area contributed by atoms with E-state index in [1.807, 2.05) is 0 Å². The maximum atomic E-state index is 11.0. The van der Waals surface area contributed by atoms with Crippen molar-refractivity contribution in [2.75, 3.05) is 13.2 Å². The van der Waals surface area contributed by atoms with Gasteiger partial charge in [0.2, 0.25) is 0 Å². The van der Waals surface area contributed by atoms with Crippen LogP contribution >= 0.6 is 0 Å². The molecule has 0 radical (unpaired) electrons. The average molecular weight is 366 g/mol. The van der Waals surface area contributed by atoms with E-state index < -0.39 is 11.9 Å². The number of ether oxygens (including phenoxy) is 1. The van der Waals surface area contributed by atoms with Crippen molar-refractivity contribution < 1.29 is 29.6 Å². The van der Waals surface area contributed by atoms with Crippen molar-refractivity contribution in [1.82, 2.24) is 0 Å². The monoisotopic (exact) mass is 366 g/mol. The highest BCUT2D eigenvalue weighted by molar-refractivity contribution is 5.94. The van der Waals surface area contributed by atoms with Gasteiger partial charge in [0.15, 0.2) is 0 Å². The maximum absolute atomic E-state index is 11.0. The highest BCUT2D eigenvalue weighted by Crippen LogP contribution is 2.18. The number of unbranched alkanes of at least 4 members (excludes halogenated alkanes) is 9. The Kier molecular flexibility index (Phi) is 11.1. The molecule has 0 heterocycles. The zero-order chi connectivity index (χ0) is 19.2. The molecule has 0 bridgehead atoms. The summed E-state index contributed by atoms with van der Waals surface area (Å²) < 4.78 is 5.52. The van der Waals surface area contributed by atoms with Gasteiger partial charge in [-0.3, -0.25) is 0 Å². The number of rotatable bonds is 15. The van der Waals surface area contributed by atoms with Crippen molar-refractivity contribution >= 4 is 11.9 Å². The average Bonchev–Trinajstić information content (AvgIpc) is 2.62. The summed E-state index contributed by atoms with van der Waals surface area (Å²) in [6, 6.07) is 3.83. The van der Waals surface area contributed by atoms with Crippen LogP contribution in [0.3, 0.4) is 0 Å². The van der Waals surface area contributed by atoms with Gasteiger partial charge in [0.25, 0.3) is 0 Å². The second-order valence-corrected chi connectivity index (χ2v) is 6.46. The number of aromatic carboxylic acids is 2. The highest BCUT2D eigenvalue weighted by atomic mass is 16.5. The summed E-state index contributed by atoms with van der Waals surface area (Å²) in [7, 11) is 0. The SMILES string of the molecule is O=C(O)c1cc(OCCCCCCCCCCCCO)cc(C(=O)O)c1. The molecule has 0 atom stereocenters. The number of aliphatic hydroxyl groups excluding tert-OH is 1. The minimum atomic E-state index is -1.17. The molecule has 0 aromatic heterocycles. The standard InChI is InChI=1S/C20H30O6/c21-11-9-7-5-3-1-2-4-6-8-10-12-26-18-14-16(19(22)23)13-17(15-18)20(24)25/h13-15,21H,1-12H2,(H,22,23)(H,24,25). The van der Waals surface area contributed by atoms with Crippen LogP contribution in [0.5, 0.6) is 5.75 Å². The normalized spacial score (nSPS) is 10.7. The fourth-order valence-electron chi connectivity index (χ4n) is 2.75. The summed E-state index contributed by atoms with van der Waals surface area (Å²) in [6.45, 7) is 0.740. The van der Waals surface area contributed by atoms with Crippen molar-refractivity contribution in [2.45, 2.75) is 64.2 Å². The molecule has 1 aromatic rings. The first-order chi connectivity index (χ1) is 12.5. The van der Waals surface area contributed by atoms with Gasteiger partial charge in [-0.25, -0.2) is 9.59 Å². The fourth-order valence-corrected chi connectivity index (χ4v) is 2.75. The van der Waals surface area contributed by atoms with E-state index in [9.17, 15) is 9.59 Å². The zero-order valence-electron chi connectivity index (χ0n) is 15.3. The van der Waals surface area contributed by atoms with Gasteiger partial charge in [0.1, 0.15) is 5.75 Å². The van der Waals surface area contributed by atoms with Crippen molar-refractivity contribution in [3.8, 4) is 5.75 Å². The third kappa shape index (κ3) is 9.42. The number of carboxylic acids is 2. The second kappa shape index (κ2) is 13.2. The predicted octanol–water partition coefficient (Wildman–Crippen LogP) is 4.36. The summed E-state index contributed by atoms with van der Waals surface area (Å²) in [6.07, 6.45) is 11.1. The van der Waals surface area contributed by atoms with Crippen LogP contribution in [-0.4, -0.2) is 40.5 Å². The van der Waals surface area contributed by atoms with Crippen LogP contribution in [0, 0.1) is 0 Å². The number of carboxylic acid groups (broad SMARTS) is 2. The van der Waals surface area contributed by atoms with Gasteiger partial charge in [-0.1, -0.05) is 51.4 Å². The molecule has 0 saturated heterocycles. The Morgan fingerprint density at radius 1 is 0.692 bits per heavy atom. The molecule has 1 rings (SSSR count). The van der Waals surface area contributed by atoms with Gasteiger partial charge in [0, 0.05) is 6.61 Å². The van der Waals surface area contributed by atoms with Crippen LogP contribution in [0.1, 0.15) is 84.9 Å². The first-order valence-corrected chi connectivity index (χ1v) is 9.40. The van der Waals surface area contributed by atoms with Crippen LogP contribution in [0.15, 0.2) is 18.2 Å². The van der Waals surface area contributed by atoms with Crippen molar-refractivity contribution in [3.63, 3.8) is 0 Å². The van der Waals surface area contributed by atoms with Gasteiger partial charge < -0.3 is 20.1 Å². The van der Waals surface area contributed by atoms with Crippen molar-refractivity contribution in [2.24, 2.45) is 0 Å². The molecule has 0 spiro atoms. The maximum Gasteiger partial charge on any atom is 0.335 e. The molecule has 146 valence electrons. The number of hydrogen-bond acceptors (Lipinski definition) is 4. The highest BCUT2D eigenvalue weighted by Gasteiger charge is 2.12. The Balaban J connectivity index is 2.16. The molecule has 1 aromatic carbocycles. The van der Waals surface area contributed by atoms with E-state index >= 15 is 0 Å². The molecule has 0 fully saturated rings. The first-order valence-electron chi connectivity index (χ1n) is 9.40. The quantitative estimate of drug-likeness (QED) is 0.399. The predicted molar refractivity (Wildman–Crippen MR) is 99.1 cm³/mol. The number of carbonyl (C=O) groups is 2. The van der Waals surface area contributed by atoms with Gasteiger partial charge >= 0.3 is 11.9 Å². The Morgan fingerprint density at radius 2 is 1.12 bits per heavy atom. The summed E-state index contributed by atoms with van der Waals surface area (Å²) >= 11 is 0. The van der Waals surface area contributed by atoms with E-state index in [4.69, 9.17) is 20.1 Å². The van der Waals surface area contributed by atoms with E-state index in [1.165, 1.54) is 44.2 Å². The molecule has 0 saturated carbocycles. The summed E-state index contributed by atoms with van der Waals surface area (Å²) in [5.41, 5.74) is -0.169. The van der Waals surface area contributed by atoms with Crippen LogP contribution in [0.25, 0.3) is 0 Å². The molecular formula is C20H30O6. The Hall–Kier alpha value is -2.08. The van der Waals surface area contributed by atoms with Gasteiger partial charge in [-0.2, -0.15) is 0 Å². The smallest absolute Gasteiger partial charge is 0.335 e. The first kappa shape index (κ1) is 22.0. The largest absolute Gasteiger partial charge is 0.494 e. The lowest BCUT2D eigenvalue weighted by molar-refractivity contribution is 0.0696. The Bertz CT molecular complexity index is 523. The number of hydrogen-bond donors (Lipinski definition) is 3. The number of benzene rings is 1. The minimum Gasteiger partial charge on any atom is -0.494 e. The van der Waals surface area contributed by atoms with Crippen molar-refractivity contribution in [3.05, 3.63) is 29.3 Å². The molecule has 0 aliphatic carbocycles. The van der Waals surface area contributed by atoms with Gasteiger partial charge in [-0.05, 0) is 31.0 Å². The molecule has 0 unspecified atom stereocenters. The summed E-state index contributed by atoms with van der Waals surface area (Å²) in [4.78, 5) is 22.1. The topological polar surface area (TPSA) is 104 Å². The summed E-state index contributed by atoms with van der Waals surface area (Å²) in [5, 5.41) is 26.8. The Morgan fingerprint density at radius 3 is 1.54 bits per heavy atom. The molecule has 26 heavy (non-hydrogen) atoms. The Labute approximate surface area is 154 Å². The van der Waals surface area contributed by atoms with E-state index in [1.54, 1.807) is 0 Å². The van der Waals surface area contributed by atoms with Crippen molar-refractivity contribution in [1.29, 1.82) is 0 Å². The third-order valence-electron chi connectivity index (χ3n) is 4.22. The van der Waals surface area contributed by atoms with Crippen LogP contribution < -0.4 is 4.74 Å². The molecule has 6 heteroatoms. The fraction of sp³-hybridized carbons (Fsp3) is 0.600.